The summed E-state index contributed by atoms with van der Waals surface area (Å²) in [5.74, 6) is 1.82. The minimum Gasteiger partial charge on any atom is -0.0654 e. The van der Waals surface area contributed by atoms with Crippen molar-refractivity contribution in [1.29, 1.82) is 0 Å². The van der Waals surface area contributed by atoms with Gasteiger partial charge in [0.25, 0.3) is 0 Å². The largest absolute Gasteiger partial charge is 0.0654 e. The summed E-state index contributed by atoms with van der Waals surface area (Å²) < 4.78 is 0. The van der Waals surface area contributed by atoms with Crippen LogP contribution in [0.25, 0.3) is 0 Å². The first-order valence-corrected chi connectivity index (χ1v) is 6.91. The average Bonchev–Trinajstić information content (AvgIpc) is 2.15. The SMILES string of the molecule is CCCC(C)(C)CCC(C)CC(C)CC. The molecule has 0 heteroatoms. The van der Waals surface area contributed by atoms with Crippen molar-refractivity contribution in [2.24, 2.45) is 17.3 Å². The molecule has 0 bridgehead atoms. The van der Waals surface area contributed by atoms with Crippen LogP contribution in [0, 0.1) is 17.3 Å². The molecule has 0 spiro atoms. The molecule has 0 aromatic carbocycles. The van der Waals surface area contributed by atoms with E-state index in [4.69, 9.17) is 0 Å². The maximum atomic E-state index is 2.42. The van der Waals surface area contributed by atoms with Gasteiger partial charge in [0.1, 0.15) is 0 Å². The van der Waals surface area contributed by atoms with Crippen LogP contribution in [0.15, 0.2) is 0 Å². The van der Waals surface area contributed by atoms with E-state index in [-0.39, 0.29) is 0 Å². The maximum absolute atomic E-state index is 2.42. The molecule has 2 atom stereocenters. The number of hydrogen-bond acceptors (Lipinski definition) is 0. The van der Waals surface area contributed by atoms with Gasteiger partial charge < -0.3 is 0 Å². The van der Waals surface area contributed by atoms with Crippen LogP contribution in [-0.4, -0.2) is 0 Å². The zero-order valence-corrected chi connectivity index (χ0v) is 11.9. The summed E-state index contributed by atoms with van der Waals surface area (Å²) in [4.78, 5) is 0. The first-order valence-electron chi connectivity index (χ1n) is 6.91. The third-order valence-corrected chi connectivity index (χ3v) is 3.74. The number of hydrogen-bond donors (Lipinski definition) is 0. The molecule has 0 aliphatic carbocycles. The van der Waals surface area contributed by atoms with Crippen LogP contribution in [0.1, 0.15) is 80.1 Å². The molecule has 0 nitrogen and oxygen atoms in total. The van der Waals surface area contributed by atoms with E-state index >= 15 is 0 Å². The molecule has 0 aliphatic heterocycles. The average molecular weight is 212 g/mol. The van der Waals surface area contributed by atoms with E-state index in [9.17, 15) is 0 Å². The fourth-order valence-electron chi connectivity index (χ4n) is 2.41. The van der Waals surface area contributed by atoms with Crippen LogP contribution in [0.4, 0.5) is 0 Å². The van der Waals surface area contributed by atoms with Gasteiger partial charge >= 0.3 is 0 Å². The molecular formula is C15H32. The van der Waals surface area contributed by atoms with E-state index in [2.05, 4.69) is 41.5 Å². The predicted molar refractivity (Wildman–Crippen MR) is 71.2 cm³/mol. The van der Waals surface area contributed by atoms with Gasteiger partial charge in [0.15, 0.2) is 0 Å². The summed E-state index contributed by atoms with van der Waals surface area (Å²) in [5, 5.41) is 0. The van der Waals surface area contributed by atoms with Gasteiger partial charge in [0.05, 0.1) is 0 Å². The number of rotatable bonds is 8. The molecule has 92 valence electrons. The van der Waals surface area contributed by atoms with Gasteiger partial charge in [0, 0.05) is 0 Å². The lowest BCUT2D eigenvalue weighted by atomic mass is 9.80. The van der Waals surface area contributed by atoms with Gasteiger partial charge in [-0.1, -0.05) is 60.8 Å². The van der Waals surface area contributed by atoms with Gasteiger partial charge in [-0.25, -0.2) is 0 Å². The summed E-state index contributed by atoms with van der Waals surface area (Å²) in [6, 6.07) is 0. The molecule has 0 saturated carbocycles. The van der Waals surface area contributed by atoms with Crippen LogP contribution in [0.5, 0.6) is 0 Å². The van der Waals surface area contributed by atoms with E-state index in [0.29, 0.717) is 5.41 Å². The fourth-order valence-corrected chi connectivity index (χ4v) is 2.41. The van der Waals surface area contributed by atoms with E-state index in [1.54, 1.807) is 0 Å². The Balaban J connectivity index is 3.74. The summed E-state index contributed by atoms with van der Waals surface area (Å²) in [6.45, 7) is 14.3. The molecular weight excluding hydrogens is 180 g/mol. The van der Waals surface area contributed by atoms with Crippen LogP contribution in [0.3, 0.4) is 0 Å². The van der Waals surface area contributed by atoms with Gasteiger partial charge in [-0.2, -0.15) is 0 Å². The van der Waals surface area contributed by atoms with E-state index in [0.717, 1.165) is 11.8 Å². The molecule has 0 aromatic rings. The van der Waals surface area contributed by atoms with Crippen molar-refractivity contribution in [3.05, 3.63) is 0 Å². The van der Waals surface area contributed by atoms with Crippen molar-refractivity contribution in [2.45, 2.75) is 80.1 Å². The normalized spacial score (nSPS) is 16.4. The van der Waals surface area contributed by atoms with Crippen molar-refractivity contribution in [2.75, 3.05) is 0 Å². The molecule has 0 aliphatic rings. The maximum Gasteiger partial charge on any atom is -0.0354 e. The lowest BCUT2D eigenvalue weighted by Gasteiger charge is -2.26. The van der Waals surface area contributed by atoms with Gasteiger partial charge in [-0.15, -0.1) is 0 Å². The van der Waals surface area contributed by atoms with Crippen LogP contribution >= 0.6 is 0 Å². The second-order valence-electron chi connectivity index (χ2n) is 6.31. The Morgan fingerprint density at radius 2 is 1.53 bits per heavy atom. The van der Waals surface area contributed by atoms with E-state index < -0.39 is 0 Å². The summed E-state index contributed by atoms with van der Waals surface area (Å²) in [7, 11) is 0. The first kappa shape index (κ1) is 15.0. The molecule has 0 amide bonds. The highest BCUT2D eigenvalue weighted by Crippen LogP contribution is 2.31. The highest BCUT2D eigenvalue weighted by atomic mass is 14.2. The lowest BCUT2D eigenvalue weighted by molar-refractivity contribution is 0.260. The van der Waals surface area contributed by atoms with Crippen LogP contribution < -0.4 is 0 Å². The topological polar surface area (TPSA) is 0 Å². The Labute approximate surface area is 97.8 Å². The molecule has 0 rings (SSSR count). The Hall–Kier alpha value is 0. The fraction of sp³-hybridized carbons (Fsp3) is 1.00. The van der Waals surface area contributed by atoms with Crippen LogP contribution in [0.2, 0.25) is 0 Å². The van der Waals surface area contributed by atoms with Gasteiger partial charge in [-0.3, -0.25) is 0 Å². The summed E-state index contributed by atoms with van der Waals surface area (Å²) >= 11 is 0. The Morgan fingerprint density at radius 3 is 2.00 bits per heavy atom. The molecule has 0 saturated heterocycles. The van der Waals surface area contributed by atoms with Crippen molar-refractivity contribution < 1.29 is 0 Å². The molecule has 0 aromatic heterocycles. The molecule has 0 heterocycles. The second kappa shape index (κ2) is 7.30. The quantitative estimate of drug-likeness (QED) is 0.486. The van der Waals surface area contributed by atoms with Gasteiger partial charge in [0.2, 0.25) is 0 Å². The van der Waals surface area contributed by atoms with E-state index in [1.807, 2.05) is 0 Å². The summed E-state index contributed by atoms with van der Waals surface area (Å²) in [6.07, 6.45) is 8.27. The molecule has 0 fully saturated rings. The van der Waals surface area contributed by atoms with E-state index in [1.165, 1.54) is 38.5 Å². The highest BCUT2D eigenvalue weighted by molar-refractivity contribution is 4.70. The summed E-state index contributed by atoms with van der Waals surface area (Å²) in [5.41, 5.74) is 0.568. The van der Waals surface area contributed by atoms with Crippen molar-refractivity contribution in [3.63, 3.8) is 0 Å². The Kier molecular flexibility index (Phi) is 7.30. The standard InChI is InChI=1S/C15H32/c1-7-10-15(5,6)11-9-14(4)12-13(3)8-2/h13-14H,7-12H2,1-6H3. The minimum atomic E-state index is 0.568. The molecule has 0 radical (unpaired) electrons. The van der Waals surface area contributed by atoms with Crippen LogP contribution in [-0.2, 0) is 0 Å². The predicted octanol–water partition coefficient (Wildman–Crippen LogP) is 5.67. The zero-order valence-electron chi connectivity index (χ0n) is 11.9. The first-order chi connectivity index (χ1) is 6.91. The minimum absolute atomic E-state index is 0.568. The third kappa shape index (κ3) is 7.88. The van der Waals surface area contributed by atoms with Crippen molar-refractivity contribution in [3.8, 4) is 0 Å². The molecule has 15 heavy (non-hydrogen) atoms. The third-order valence-electron chi connectivity index (χ3n) is 3.74. The zero-order chi connectivity index (χ0) is 11.9. The lowest BCUT2D eigenvalue weighted by Crippen LogP contribution is -2.13. The smallest absolute Gasteiger partial charge is 0.0354 e. The molecule has 2 unspecified atom stereocenters. The monoisotopic (exact) mass is 212 g/mol. The molecule has 0 N–H and O–H groups in total. The van der Waals surface area contributed by atoms with Crippen molar-refractivity contribution >= 4 is 0 Å². The highest BCUT2D eigenvalue weighted by Gasteiger charge is 2.18. The van der Waals surface area contributed by atoms with Gasteiger partial charge in [-0.05, 0) is 36.5 Å². The van der Waals surface area contributed by atoms with Crippen molar-refractivity contribution in [1.82, 2.24) is 0 Å². The second-order valence-corrected chi connectivity index (χ2v) is 6.31. The Bertz CT molecular complexity index is 146. The Morgan fingerprint density at radius 1 is 0.933 bits per heavy atom.